The van der Waals surface area contributed by atoms with E-state index in [0.717, 1.165) is 9.80 Å². The van der Waals surface area contributed by atoms with E-state index in [4.69, 9.17) is 9.15 Å². The van der Waals surface area contributed by atoms with Gasteiger partial charge in [-0.15, -0.1) is 10.2 Å². The van der Waals surface area contributed by atoms with Gasteiger partial charge in [-0.1, -0.05) is 0 Å². The number of aromatic nitrogens is 2. The molecule has 162 valence electrons. The lowest BCUT2D eigenvalue weighted by Crippen LogP contribution is -2.29. The highest BCUT2D eigenvalue weighted by atomic mass is 16.5. The van der Waals surface area contributed by atoms with E-state index < -0.39 is 23.6 Å². The van der Waals surface area contributed by atoms with E-state index in [9.17, 15) is 19.2 Å². The average Bonchev–Trinajstić information content (AvgIpc) is 3.52. The molecular weight excluding hydrogens is 428 g/mol. The summed E-state index contributed by atoms with van der Waals surface area (Å²) in [7, 11) is 0. The van der Waals surface area contributed by atoms with Crippen LogP contribution in [0.3, 0.4) is 0 Å². The van der Waals surface area contributed by atoms with Crippen LogP contribution < -0.4 is 14.5 Å². The van der Waals surface area contributed by atoms with Gasteiger partial charge in [-0.3, -0.25) is 19.2 Å². The maximum atomic E-state index is 11.8. The van der Waals surface area contributed by atoms with Crippen LogP contribution in [0.1, 0.15) is 5.89 Å². The van der Waals surface area contributed by atoms with Crippen LogP contribution in [0.15, 0.2) is 77.3 Å². The Balaban J connectivity index is 1.22. The molecule has 5 rings (SSSR count). The van der Waals surface area contributed by atoms with Crippen LogP contribution in [0.4, 0.5) is 11.4 Å². The highest BCUT2D eigenvalue weighted by Crippen LogP contribution is 2.26. The topological polar surface area (TPSA) is 123 Å². The SMILES string of the molecule is O=C1C=CC(=O)N1c1ccc(OCc2nnc(-c3ccc(N4C(=O)C=CC4=O)cc3)o2)cc1. The average molecular weight is 442 g/mol. The first-order valence-electron chi connectivity index (χ1n) is 9.77. The number of anilines is 2. The predicted octanol–water partition coefficient (Wildman–Crippen LogP) is 2.17. The van der Waals surface area contributed by atoms with Gasteiger partial charge in [0.25, 0.3) is 29.5 Å². The molecule has 3 aromatic rings. The molecule has 0 spiro atoms. The van der Waals surface area contributed by atoms with Gasteiger partial charge in [0.05, 0.1) is 11.4 Å². The first-order valence-corrected chi connectivity index (χ1v) is 9.77. The van der Waals surface area contributed by atoms with Crippen molar-refractivity contribution in [2.75, 3.05) is 9.80 Å². The number of hydrogen-bond donors (Lipinski definition) is 0. The molecule has 3 heterocycles. The van der Waals surface area contributed by atoms with E-state index in [-0.39, 0.29) is 18.4 Å². The molecule has 0 aliphatic carbocycles. The molecule has 10 heteroatoms. The Labute approximate surface area is 186 Å². The fourth-order valence-electron chi connectivity index (χ4n) is 3.33. The Morgan fingerprint density at radius 2 is 1.15 bits per heavy atom. The lowest BCUT2D eigenvalue weighted by Gasteiger charge is -2.14. The van der Waals surface area contributed by atoms with Crippen molar-refractivity contribution in [3.63, 3.8) is 0 Å². The Morgan fingerprint density at radius 3 is 1.67 bits per heavy atom. The monoisotopic (exact) mass is 442 g/mol. The Morgan fingerprint density at radius 1 is 0.667 bits per heavy atom. The summed E-state index contributed by atoms with van der Waals surface area (Å²) >= 11 is 0. The summed E-state index contributed by atoms with van der Waals surface area (Å²) in [4.78, 5) is 49.2. The van der Waals surface area contributed by atoms with Crippen molar-refractivity contribution in [2.45, 2.75) is 6.61 Å². The second-order valence-corrected chi connectivity index (χ2v) is 7.02. The number of carbonyl (C=O) groups excluding carboxylic acids is 4. The van der Waals surface area contributed by atoms with Gasteiger partial charge in [0.2, 0.25) is 5.89 Å². The number of carbonyl (C=O) groups is 4. The molecule has 33 heavy (non-hydrogen) atoms. The van der Waals surface area contributed by atoms with E-state index in [1.165, 1.54) is 24.3 Å². The van der Waals surface area contributed by atoms with Crippen LogP contribution in [0.2, 0.25) is 0 Å². The first-order chi connectivity index (χ1) is 16.0. The normalized spacial score (nSPS) is 15.3. The molecule has 0 bridgehead atoms. The molecule has 10 nitrogen and oxygen atoms in total. The summed E-state index contributed by atoms with van der Waals surface area (Å²) in [6.45, 7) is 0.00993. The minimum absolute atomic E-state index is 0.00993. The van der Waals surface area contributed by atoms with Gasteiger partial charge in [-0.2, -0.15) is 0 Å². The van der Waals surface area contributed by atoms with Crippen LogP contribution >= 0.6 is 0 Å². The Hall–Kier alpha value is -4.86. The van der Waals surface area contributed by atoms with Crippen molar-refractivity contribution in [3.8, 4) is 17.2 Å². The third-order valence-corrected chi connectivity index (χ3v) is 4.92. The number of ether oxygens (including phenoxy) is 1. The third kappa shape index (κ3) is 3.81. The molecule has 0 unspecified atom stereocenters. The van der Waals surface area contributed by atoms with Crippen LogP contribution in [-0.4, -0.2) is 33.8 Å². The second-order valence-electron chi connectivity index (χ2n) is 7.02. The zero-order valence-electron chi connectivity index (χ0n) is 16.9. The summed E-state index contributed by atoms with van der Waals surface area (Å²) in [5, 5.41) is 7.95. The molecule has 0 radical (unpaired) electrons. The Bertz CT molecular complexity index is 1300. The molecule has 4 amide bonds. The standard InChI is InChI=1S/C23H14N4O6/c28-19-9-10-20(29)26(19)15-3-1-14(2-4-15)23-25-24-18(33-23)13-32-17-7-5-16(6-8-17)27-21(30)11-12-22(27)31/h1-12H,13H2. The highest BCUT2D eigenvalue weighted by molar-refractivity contribution is 6.28. The highest BCUT2D eigenvalue weighted by Gasteiger charge is 2.26. The van der Waals surface area contributed by atoms with Crippen molar-refractivity contribution in [3.05, 3.63) is 78.7 Å². The van der Waals surface area contributed by atoms with Gasteiger partial charge in [-0.25, -0.2) is 9.80 Å². The molecule has 2 aromatic carbocycles. The third-order valence-electron chi connectivity index (χ3n) is 4.92. The molecule has 0 saturated heterocycles. The molecule has 0 atom stereocenters. The quantitative estimate of drug-likeness (QED) is 0.532. The number of rotatable bonds is 6. The zero-order valence-corrected chi connectivity index (χ0v) is 16.9. The zero-order chi connectivity index (χ0) is 22.9. The number of hydrogen-bond acceptors (Lipinski definition) is 8. The maximum Gasteiger partial charge on any atom is 0.258 e. The van der Waals surface area contributed by atoms with Crippen molar-refractivity contribution in [1.82, 2.24) is 10.2 Å². The fraction of sp³-hybridized carbons (Fsp3) is 0.0435. The lowest BCUT2D eigenvalue weighted by molar-refractivity contribution is -0.121. The van der Waals surface area contributed by atoms with Crippen molar-refractivity contribution < 1.29 is 28.3 Å². The Kier molecular flexibility index (Phi) is 4.87. The number of amides is 4. The fourth-order valence-corrected chi connectivity index (χ4v) is 3.33. The summed E-state index contributed by atoms with van der Waals surface area (Å²) in [5.74, 6) is -0.594. The number of imide groups is 2. The largest absolute Gasteiger partial charge is 0.484 e. The van der Waals surface area contributed by atoms with Gasteiger partial charge in [0, 0.05) is 29.9 Å². The molecule has 0 N–H and O–H groups in total. The number of nitrogens with zero attached hydrogens (tertiary/aromatic N) is 4. The smallest absolute Gasteiger partial charge is 0.258 e. The first kappa shape index (κ1) is 20.1. The summed E-state index contributed by atoms with van der Waals surface area (Å²) in [6, 6.07) is 13.0. The summed E-state index contributed by atoms with van der Waals surface area (Å²) < 4.78 is 11.3. The molecule has 0 saturated carbocycles. The van der Waals surface area contributed by atoms with E-state index in [1.54, 1.807) is 48.5 Å². The van der Waals surface area contributed by atoms with Gasteiger partial charge < -0.3 is 9.15 Å². The molecule has 2 aliphatic heterocycles. The van der Waals surface area contributed by atoms with E-state index in [0.29, 0.717) is 22.7 Å². The predicted molar refractivity (Wildman–Crippen MR) is 114 cm³/mol. The van der Waals surface area contributed by atoms with Crippen molar-refractivity contribution >= 4 is 35.0 Å². The molecule has 2 aliphatic rings. The van der Waals surface area contributed by atoms with Gasteiger partial charge in [0.1, 0.15) is 5.75 Å². The van der Waals surface area contributed by atoms with Crippen LogP contribution in [0.25, 0.3) is 11.5 Å². The van der Waals surface area contributed by atoms with E-state index >= 15 is 0 Å². The molecule has 1 aromatic heterocycles. The summed E-state index contributed by atoms with van der Waals surface area (Å²) in [5.41, 5.74) is 1.50. The van der Waals surface area contributed by atoms with Crippen LogP contribution in [0, 0.1) is 0 Å². The van der Waals surface area contributed by atoms with Gasteiger partial charge >= 0.3 is 0 Å². The lowest BCUT2D eigenvalue weighted by atomic mass is 10.2. The summed E-state index contributed by atoms with van der Waals surface area (Å²) in [6.07, 6.45) is 4.87. The van der Waals surface area contributed by atoms with Crippen LogP contribution in [-0.2, 0) is 25.8 Å². The van der Waals surface area contributed by atoms with E-state index in [1.807, 2.05) is 0 Å². The maximum absolute atomic E-state index is 11.8. The van der Waals surface area contributed by atoms with Crippen molar-refractivity contribution in [1.29, 1.82) is 0 Å². The van der Waals surface area contributed by atoms with E-state index in [2.05, 4.69) is 10.2 Å². The van der Waals surface area contributed by atoms with Crippen molar-refractivity contribution in [2.24, 2.45) is 0 Å². The van der Waals surface area contributed by atoms with Gasteiger partial charge in [-0.05, 0) is 48.5 Å². The minimum atomic E-state index is -0.395. The number of benzene rings is 2. The van der Waals surface area contributed by atoms with Crippen LogP contribution in [0.5, 0.6) is 5.75 Å². The van der Waals surface area contributed by atoms with Gasteiger partial charge in [0.15, 0.2) is 6.61 Å². The molecular formula is C23H14N4O6. The molecule has 0 fully saturated rings. The second kappa shape index (κ2) is 8.00. The minimum Gasteiger partial charge on any atom is -0.484 e.